The second-order valence-corrected chi connectivity index (χ2v) is 7.49. The molecule has 0 aromatic heterocycles. The summed E-state index contributed by atoms with van der Waals surface area (Å²) in [4.78, 5) is 27.1. The lowest BCUT2D eigenvalue weighted by molar-refractivity contribution is -0.131. The van der Waals surface area contributed by atoms with Gasteiger partial charge < -0.3 is 9.84 Å². The first kappa shape index (κ1) is 15.1. The molecule has 0 aliphatic carbocycles. The Kier molecular flexibility index (Phi) is 2.96. The number of rotatable bonds is 2. The van der Waals surface area contributed by atoms with Crippen molar-refractivity contribution in [1.82, 2.24) is 0 Å². The molecule has 0 saturated carbocycles. The van der Waals surface area contributed by atoms with E-state index in [0.717, 1.165) is 10.0 Å². The number of fused-ring (bicyclic) bond motifs is 5. The number of aliphatic hydroxyl groups excluding tert-OH is 1. The Morgan fingerprint density at radius 2 is 1.96 bits per heavy atom. The van der Waals surface area contributed by atoms with Crippen LogP contribution in [0.3, 0.4) is 0 Å². The Labute approximate surface area is 142 Å². The van der Waals surface area contributed by atoms with E-state index in [9.17, 15) is 14.7 Å². The predicted octanol–water partition coefficient (Wildman–Crippen LogP) is 1.95. The molecule has 0 spiro atoms. The second-order valence-electron chi connectivity index (χ2n) is 6.63. The van der Waals surface area contributed by atoms with Gasteiger partial charge in [-0.25, -0.2) is 4.90 Å². The zero-order valence-electron chi connectivity index (χ0n) is 12.7. The van der Waals surface area contributed by atoms with Crippen LogP contribution in [0, 0.1) is 18.8 Å². The van der Waals surface area contributed by atoms with Crippen LogP contribution in [-0.4, -0.2) is 34.7 Å². The summed E-state index contributed by atoms with van der Waals surface area (Å²) < 4.78 is 6.73. The van der Waals surface area contributed by atoms with Gasteiger partial charge in [0.05, 0.1) is 29.7 Å². The molecule has 3 aliphatic heterocycles. The van der Waals surface area contributed by atoms with Gasteiger partial charge in [0.15, 0.2) is 0 Å². The normalized spacial score (nSPS) is 37.8. The molecular weight excluding hydrogens is 362 g/mol. The summed E-state index contributed by atoms with van der Waals surface area (Å²) in [5, 5.41) is 9.78. The first-order valence-electron chi connectivity index (χ1n) is 7.48. The third-order valence-electron chi connectivity index (χ3n) is 5.22. The molecule has 23 heavy (non-hydrogen) atoms. The number of hydrogen-bond acceptors (Lipinski definition) is 4. The van der Waals surface area contributed by atoms with Crippen LogP contribution in [-0.2, 0) is 14.3 Å². The van der Waals surface area contributed by atoms with Crippen molar-refractivity contribution in [3.63, 3.8) is 0 Å². The van der Waals surface area contributed by atoms with Crippen molar-refractivity contribution in [3.05, 3.63) is 40.4 Å². The summed E-state index contributed by atoms with van der Waals surface area (Å²) in [6.45, 7) is 3.42. The van der Waals surface area contributed by atoms with Crippen LogP contribution in [0.15, 0.2) is 34.8 Å². The van der Waals surface area contributed by atoms with Crippen LogP contribution in [0.4, 0.5) is 5.69 Å². The highest BCUT2D eigenvalue weighted by Crippen LogP contribution is 2.57. The number of amides is 2. The number of halogens is 1. The first-order valence-corrected chi connectivity index (χ1v) is 8.28. The van der Waals surface area contributed by atoms with Crippen molar-refractivity contribution in [2.75, 3.05) is 11.5 Å². The summed E-state index contributed by atoms with van der Waals surface area (Å²) in [5.41, 5.74) is -0.348. The average molecular weight is 378 g/mol. The minimum atomic E-state index is -1.08. The monoisotopic (exact) mass is 377 g/mol. The summed E-state index contributed by atoms with van der Waals surface area (Å²) in [7, 11) is 0. The van der Waals surface area contributed by atoms with Gasteiger partial charge in [-0.3, -0.25) is 9.59 Å². The smallest absolute Gasteiger partial charge is 0.241 e. The van der Waals surface area contributed by atoms with Crippen molar-refractivity contribution in [3.8, 4) is 0 Å². The Balaban J connectivity index is 1.81. The van der Waals surface area contributed by atoms with Gasteiger partial charge in [0.1, 0.15) is 5.60 Å². The lowest BCUT2D eigenvalue weighted by atomic mass is 9.73. The third-order valence-corrected chi connectivity index (χ3v) is 6.07. The minimum absolute atomic E-state index is 0.266. The molecular formula is C17H16BrNO4. The fourth-order valence-corrected chi connectivity index (χ4v) is 4.38. The molecule has 1 aromatic rings. The largest absolute Gasteiger partial charge is 0.393 e. The van der Waals surface area contributed by atoms with Crippen LogP contribution >= 0.6 is 15.9 Å². The lowest BCUT2D eigenvalue weighted by Gasteiger charge is -2.27. The maximum absolute atomic E-state index is 13.0. The first-order chi connectivity index (χ1) is 10.8. The maximum atomic E-state index is 13.0. The highest BCUT2D eigenvalue weighted by Gasteiger charge is 2.72. The third kappa shape index (κ3) is 1.74. The van der Waals surface area contributed by atoms with E-state index in [1.54, 1.807) is 31.2 Å². The summed E-state index contributed by atoms with van der Waals surface area (Å²) in [6.07, 6.45) is 3.53. The van der Waals surface area contributed by atoms with Crippen molar-refractivity contribution in [2.24, 2.45) is 11.8 Å². The topological polar surface area (TPSA) is 66.8 Å². The fraction of sp³-hybridized carbons (Fsp3) is 0.412. The average Bonchev–Trinajstić information content (AvgIpc) is 3.09. The lowest BCUT2D eigenvalue weighted by Crippen LogP contribution is -2.43. The molecule has 1 N–H and O–H groups in total. The van der Waals surface area contributed by atoms with E-state index in [-0.39, 0.29) is 18.4 Å². The van der Waals surface area contributed by atoms with E-state index in [0.29, 0.717) is 5.69 Å². The molecule has 120 valence electrons. The standard InChI is InChI=1S/C17H16BrNO4/c1-9-3-4-10(7-11(9)18)19-14(21)12-13(15(19)22)17(8-20)6-5-16(12,2)23-17/h3-7,12-13,20H,8H2,1-2H3/t12-,13+,16+,17-/m0/s1. The van der Waals surface area contributed by atoms with Crippen molar-refractivity contribution in [2.45, 2.75) is 25.0 Å². The molecule has 2 fully saturated rings. The number of hydrogen-bond donors (Lipinski definition) is 1. The maximum Gasteiger partial charge on any atom is 0.241 e. The van der Waals surface area contributed by atoms with E-state index in [1.165, 1.54) is 4.90 Å². The Bertz CT molecular complexity index is 776. The quantitative estimate of drug-likeness (QED) is 0.631. The number of imide groups is 1. The van der Waals surface area contributed by atoms with Crippen LogP contribution in [0.25, 0.3) is 0 Å². The van der Waals surface area contributed by atoms with Crippen molar-refractivity contribution < 1.29 is 19.4 Å². The van der Waals surface area contributed by atoms with Gasteiger partial charge in [0, 0.05) is 4.47 Å². The molecule has 6 heteroatoms. The molecule has 2 amide bonds. The number of nitrogens with zero attached hydrogens (tertiary/aromatic N) is 1. The zero-order valence-corrected chi connectivity index (χ0v) is 14.3. The number of benzene rings is 1. The Morgan fingerprint density at radius 3 is 2.61 bits per heavy atom. The molecule has 4 rings (SSSR count). The second kappa shape index (κ2) is 4.53. The summed E-state index contributed by atoms with van der Waals surface area (Å²) in [5.74, 6) is -1.84. The van der Waals surface area contributed by atoms with Gasteiger partial charge in [-0.05, 0) is 31.5 Å². The van der Waals surface area contributed by atoms with Crippen LogP contribution in [0.5, 0.6) is 0 Å². The molecule has 3 heterocycles. The molecule has 3 aliphatic rings. The number of aryl methyl sites for hydroxylation is 1. The SMILES string of the molecule is Cc1ccc(N2C(=O)[C@@H]3[C@H](C2=O)[C@@]2(CO)C=C[C@@]3(C)O2)cc1Br. The van der Waals surface area contributed by atoms with Crippen LogP contribution < -0.4 is 4.90 Å². The molecule has 2 bridgehead atoms. The molecule has 0 unspecified atom stereocenters. The number of carbonyl (C=O) groups is 2. The van der Waals surface area contributed by atoms with Gasteiger partial charge in [0.2, 0.25) is 11.8 Å². The molecule has 1 aromatic carbocycles. The van der Waals surface area contributed by atoms with Crippen molar-refractivity contribution >= 4 is 33.4 Å². The summed E-state index contributed by atoms with van der Waals surface area (Å²) >= 11 is 3.44. The van der Waals surface area contributed by atoms with Crippen LogP contribution in [0.1, 0.15) is 12.5 Å². The number of carbonyl (C=O) groups excluding carboxylic acids is 2. The van der Waals surface area contributed by atoms with Gasteiger partial charge in [-0.2, -0.15) is 0 Å². The summed E-state index contributed by atoms with van der Waals surface area (Å²) in [6, 6.07) is 5.40. The number of aliphatic hydroxyl groups is 1. The number of anilines is 1. The van der Waals surface area contributed by atoms with E-state index in [1.807, 2.05) is 13.0 Å². The van der Waals surface area contributed by atoms with Gasteiger partial charge in [0.25, 0.3) is 0 Å². The molecule has 4 atom stereocenters. The van der Waals surface area contributed by atoms with E-state index in [2.05, 4.69) is 15.9 Å². The van der Waals surface area contributed by atoms with E-state index < -0.39 is 23.0 Å². The minimum Gasteiger partial charge on any atom is -0.393 e. The molecule has 5 nitrogen and oxygen atoms in total. The highest BCUT2D eigenvalue weighted by molar-refractivity contribution is 9.10. The fourth-order valence-electron chi connectivity index (χ4n) is 4.02. The molecule has 0 radical (unpaired) electrons. The highest BCUT2D eigenvalue weighted by atomic mass is 79.9. The van der Waals surface area contributed by atoms with Gasteiger partial charge >= 0.3 is 0 Å². The van der Waals surface area contributed by atoms with E-state index in [4.69, 9.17) is 4.74 Å². The Hall–Kier alpha value is -1.50. The van der Waals surface area contributed by atoms with E-state index >= 15 is 0 Å². The van der Waals surface area contributed by atoms with Gasteiger partial charge in [-0.1, -0.05) is 34.1 Å². The Morgan fingerprint density at radius 1 is 1.26 bits per heavy atom. The predicted molar refractivity (Wildman–Crippen MR) is 86.8 cm³/mol. The van der Waals surface area contributed by atoms with Crippen LogP contribution in [0.2, 0.25) is 0 Å². The number of ether oxygens (including phenoxy) is 1. The zero-order chi connectivity index (χ0) is 16.6. The van der Waals surface area contributed by atoms with Gasteiger partial charge in [-0.15, -0.1) is 0 Å². The molecule has 2 saturated heterocycles. The van der Waals surface area contributed by atoms with Crippen molar-refractivity contribution in [1.29, 1.82) is 0 Å².